The molecule has 0 saturated carbocycles. The van der Waals surface area contributed by atoms with E-state index in [1.54, 1.807) is 21.0 Å². The Balaban J connectivity index is 1.84. The Labute approximate surface area is 147 Å². The second kappa shape index (κ2) is 5.76. The molecular weight excluding hydrogens is 334 g/mol. The number of carbonyl (C=O) groups is 1. The number of para-hydroxylation sites is 2. The molecule has 0 aliphatic heterocycles. The monoisotopic (exact) mass is 349 g/mol. The van der Waals surface area contributed by atoms with Crippen LogP contribution in [0.4, 0.5) is 5.82 Å². The second-order valence-electron chi connectivity index (χ2n) is 5.96. The molecular formula is C18H15N5O3. The highest BCUT2D eigenvalue weighted by atomic mass is 16.3. The van der Waals surface area contributed by atoms with Gasteiger partial charge in [0, 0.05) is 14.1 Å². The number of aryl methyl sites for hydroxylation is 2. The van der Waals surface area contributed by atoms with E-state index in [9.17, 15) is 9.59 Å². The predicted octanol–water partition coefficient (Wildman–Crippen LogP) is 2.05. The normalized spacial score (nSPS) is 11.2. The Kier molecular flexibility index (Phi) is 3.54. The van der Waals surface area contributed by atoms with Gasteiger partial charge in [-0.2, -0.15) is 0 Å². The first-order valence-electron chi connectivity index (χ1n) is 7.92. The van der Waals surface area contributed by atoms with Gasteiger partial charge in [0.15, 0.2) is 5.82 Å². The van der Waals surface area contributed by atoms with E-state index < -0.39 is 5.91 Å². The minimum atomic E-state index is -0.407. The zero-order chi connectivity index (χ0) is 18.4. The van der Waals surface area contributed by atoms with Gasteiger partial charge in [-0.1, -0.05) is 12.1 Å². The third-order valence-electron chi connectivity index (χ3n) is 4.25. The van der Waals surface area contributed by atoms with Crippen LogP contribution in [-0.4, -0.2) is 32.5 Å². The molecule has 8 nitrogen and oxygen atoms in total. The van der Waals surface area contributed by atoms with Crippen LogP contribution in [0.15, 0.2) is 46.0 Å². The summed E-state index contributed by atoms with van der Waals surface area (Å²) < 4.78 is 6.81. The molecule has 0 N–H and O–H groups in total. The summed E-state index contributed by atoms with van der Waals surface area (Å²) in [7, 11) is 3.16. The fraction of sp³-hybridized carbons (Fsp3) is 0.167. The van der Waals surface area contributed by atoms with Crippen molar-refractivity contribution in [1.82, 2.24) is 19.5 Å². The summed E-state index contributed by atoms with van der Waals surface area (Å²) >= 11 is 0. The average molecular weight is 349 g/mol. The van der Waals surface area contributed by atoms with E-state index in [-0.39, 0.29) is 22.2 Å². The maximum absolute atomic E-state index is 13.1. The van der Waals surface area contributed by atoms with Crippen molar-refractivity contribution in [3.05, 3.63) is 58.5 Å². The fourth-order valence-corrected chi connectivity index (χ4v) is 2.83. The lowest BCUT2D eigenvalue weighted by Gasteiger charge is -2.16. The molecule has 0 aliphatic carbocycles. The Bertz CT molecular complexity index is 1220. The molecule has 0 aliphatic rings. The van der Waals surface area contributed by atoms with Crippen molar-refractivity contribution in [2.45, 2.75) is 6.92 Å². The summed E-state index contributed by atoms with van der Waals surface area (Å²) in [5.74, 6) is 0.306. The maximum atomic E-state index is 13.1. The first-order chi connectivity index (χ1) is 12.5. The van der Waals surface area contributed by atoms with Gasteiger partial charge in [0.05, 0.1) is 22.8 Å². The van der Waals surface area contributed by atoms with Crippen LogP contribution < -0.4 is 10.5 Å². The topological polar surface area (TPSA) is 94.1 Å². The van der Waals surface area contributed by atoms with Crippen LogP contribution in [0.1, 0.15) is 16.1 Å². The molecule has 0 unspecified atom stereocenters. The summed E-state index contributed by atoms with van der Waals surface area (Å²) in [4.78, 5) is 39.7. The number of anilines is 1. The van der Waals surface area contributed by atoms with E-state index in [0.29, 0.717) is 17.1 Å². The Morgan fingerprint density at radius 3 is 2.69 bits per heavy atom. The standard InChI is InChI=1S/C18H15N5O3/c1-10-14(15-16(26-10)20-9-22(2)17(15)24)18(25)23(3)13-8-19-11-6-4-5-7-12(11)21-13/h4-9H,1-3H3. The third kappa shape index (κ3) is 2.34. The molecule has 0 atom stereocenters. The molecule has 3 heterocycles. The van der Waals surface area contributed by atoms with Gasteiger partial charge < -0.3 is 8.98 Å². The molecule has 1 aromatic carbocycles. The van der Waals surface area contributed by atoms with Crippen LogP contribution in [0.3, 0.4) is 0 Å². The molecule has 0 radical (unpaired) electrons. The summed E-state index contributed by atoms with van der Waals surface area (Å²) in [6, 6.07) is 7.39. The lowest BCUT2D eigenvalue weighted by molar-refractivity contribution is 0.0992. The number of hydrogen-bond acceptors (Lipinski definition) is 6. The molecule has 0 spiro atoms. The number of amides is 1. The maximum Gasteiger partial charge on any atom is 0.265 e. The lowest BCUT2D eigenvalue weighted by Crippen LogP contribution is -2.29. The Morgan fingerprint density at radius 2 is 1.92 bits per heavy atom. The number of fused-ring (bicyclic) bond motifs is 2. The quantitative estimate of drug-likeness (QED) is 0.550. The largest absolute Gasteiger partial charge is 0.442 e. The zero-order valence-corrected chi connectivity index (χ0v) is 14.4. The van der Waals surface area contributed by atoms with Crippen LogP contribution in [0.25, 0.3) is 22.1 Å². The highest BCUT2D eigenvalue weighted by Crippen LogP contribution is 2.24. The van der Waals surface area contributed by atoms with E-state index in [0.717, 1.165) is 5.52 Å². The van der Waals surface area contributed by atoms with E-state index in [4.69, 9.17) is 4.42 Å². The van der Waals surface area contributed by atoms with Gasteiger partial charge in [0.25, 0.3) is 11.5 Å². The first kappa shape index (κ1) is 15.9. The highest BCUT2D eigenvalue weighted by molar-refractivity contribution is 6.13. The zero-order valence-electron chi connectivity index (χ0n) is 14.4. The van der Waals surface area contributed by atoms with Crippen molar-refractivity contribution in [3.63, 3.8) is 0 Å². The molecule has 0 bridgehead atoms. The molecule has 3 aromatic heterocycles. The fourth-order valence-electron chi connectivity index (χ4n) is 2.83. The van der Waals surface area contributed by atoms with Gasteiger partial charge in [-0.15, -0.1) is 0 Å². The summed E-state index contributed by atoms with van der Waals surface area (Å²) in [6.45, 7) is 1.63. The minimum absolute atomic E-state index is 0.145. The molecule has 0 saturated heterocycles. The number of furan rings is 1. The summed E-state index contributed by atoms with van der Waals surface area (Å²) in [5.41, 5.74) is 1.41. The van der Waals surface area contributed by atoms with Crippen molar-refractivity contribution in [1.29, 1.82) is 0 Å². The predicted molar refractivity (Wildman–Crippen MR) is 96.3 cm³/mol. The summed E-state index contributed by atoms with van der Waals surface area (Å²) in [5, 5.41) is 0.165. The van der Waals surface area contributed by atoms with Crippen LogP contribution in [0, 0.1) is 6.92 Å². The van der Waals surface area contributed by atoms with Gasteiger partial charge in [-0.25, -0.2) is 9.97 Å². The number of nitrogens with zero attached hydrogens (tertiary/aromatic N) is 5. The van der Waals surface area contributed by atoms with Crippen molar-refractivity contribution >= 4 is 33.9 Å². The molecule has 8 heteroatoms. The van der Waals surface area contributed by atoms with E-state index >= 15 is 0 Å². The number of rotatable bonds is 2. The Morgan fingerprint density at radius 1 is 1.19 bits per heavy atom. The Hall–Kier alpha value is -3.55. The van der Waals surface area contributed by atoms with Gasteiger partial charge in [-0.05, 0) is 19.1 Å². The van der Waals surface area contributed by atoms with E-state index in [1.165, 1.54) is 22.0 Å². The number of carbonyl (C=O) groups excluding carboxylic acids is 1. The molecule has 130 valence electrons. The smallest absolute Gasteiger partial charge is 0.265 e. The van der Waals surface area contributed by atoms with Crippen molar-refractivity contribution in [2.24, 2.45) is 7.05 Å². The summed E-state index contributed by atoms with van der Waals surface area (Å²) in [6.07, 6.45) is 2.88. The number of benzene rings is 1. The average Bonchev–Trinajstić information content (AvgIpc) is 3.00. The molecule has 1 amide bonds. The van der Waals surface area contributed by atoms with Gasteiger partial charge >= 0.3 is 0 Å². The third-order valence-corrected chi connectivity index (χ3v) is 4.25. The van der Waals surface area contributed by atoms with E-state index in [2.05, 4.69) is 15.0 Å². The minimum Gasteiger partial charge on any atom is -0.442 e. The van der Waals surface area contributed by atoms with E-state index in [1.807, 2.05) is 24.3 Å². The van der Waals surface area contributed by atoms with Crippen LogP contribution in [0.5, 0.6) is 0 Å². The molecule has 4 aromatic rings. The van der Waals surface area contributed by atoms with Gasteiger partial charge in [-0.3, -0.25) is 19.5 Å². The van der Waals surface area contributed by atoms with Crippen molar-refractivity contribution in [3.8, 4) is 0 Å². The lowest BCUT2D eigenvalue weighted by atomic mass is 10.1. The van der Waals surface area contributed by atoms with Crippen molar-refractivity contribution in [2.75, 3.05) is 11.9 Å². The molecule has 4 rings (SSSR count). The molecule has 26 heavy (non-hydrogen) atoms. The van der Waals surface area contributed by atoms with Crippen LogP contribution >= 0.6 is 0 Å². The number of aromatic nitrogens is 4. The SMILES string of the molecule is Cc1oc2ncn(C)c(=O)c2c1C(=O)N(C)c1cnc2ccccc2n1. The second-order valence-corrected chi connectivity index (χ2v) is 5.96. The number of hydrogen-bond donors (Lipinski definition) is 0. The van der Waals surface area contributed by atoms with Gasteiger partial charge in [0.1, 0.15) is 17.5 Å². The van der Waals surface area contributed by atoms with Crippen LogP contribution in [0.2, 0.25) is 0 Å². The molecule has 0 fully saturated rings. The van der Waals surface area contributed by atoms with Crippen molar-refractivity contribution < 1.29 is 9.21 Å². The first-order valence-corrected chi connectivity index (χ1v) is 7.92. The van der Waals surface area contributed by atoms with Gasteiger partial charge in [0.2, 0.25) is 5.71 Å². The van der Waals surface area contributed by atoms with Crippen LogP contribution in [-0.2, 0) is 7.05 Å². The highest BCUT2D eigenvalue weighted by Gasteiger charge is 2.26.